The Hall–Kier alpha value is -3.66. The number of nitrogens with one attached hydrogen (secondary N) is 1. The monoisotopic (exact) mass is 511 g/mol. The van der Waals surface area contributed by atoms with Crippen LogP contribution in [-0.2, 0) is 20.9 Å². The molecule has 0 saturated carbocycles. The molecule has 1 amide bonds. The number of hydrogen-bond donors (Lipinski definition) is 1. The average molecular weight is 512 g/mol. The van der Waals surface area contributed by atoms with Crippen LogP contribution in [0.4, 0.5) is 0 Å². The van der Waals surface area contributed by atoms with Gasteiger partial charge in [0.15, 0.2) is 5.17 Å². The van der Waals surface area contributed by atoms with Crippen molar-refractivity contribution in [3.63, 3.8) is 0 Å². The lowest BCUT2D eigenvalue weighted by molar-refractivity contribution is -0.143. The summed E-state index contributed by atoms with van der Waals surface area (Å²) in [6.45, 7) is 5.68. The number of amidine groups is 1. The van der Waals surface area contributed by atoms with E-state index in [2.05, 4.69) is 10.3 Å². The highest BCUT2D eigenvalue weighted by molar-refractivity contribution is 8.16. The second-order valence-electron chi connectivity index (χ2n) is 8.49. The van der Waals surface area contributed by atoms with E-state index in [1.54, 1.807) is 59.5 Å². The van der Waals surface area contributed by atoms with Gasteiger partial charge >= 0.3 is 5.97 Å². The van der Waals surface area contributed by atoms with Gasteiger partial charge in [-0.05, 0) is 50.4 Å². The van der Waals surface area contributed by atoms with E-state index in [0.717, 1.165) is 5.56 Å². The van der Waals surface area contributed by atoms with Gasteiger partial charge in [0.25, 0.3) is 0 Å². The lowest BCUT2D eigenvalue weighted by Crippen LogP contribution is -2.38. The first-order chi connectivity index (χ1) is 17.3. The van der Waals surface area contributed by atoms with Crippen molar-refractivity contribution in [2.24, 2.45) is 4.99 Å². The first-order valence-corrected chi connectivity index (χ1v) is 12.4. The molecule has 0 bridgehead atoms. The lowest BCUT2D eigenvalue weighted by atomic mass is 9.93. The molecule has 3 heterocycles. The Morgan fingerprint density at radius 3 is 2.69 bits per heavy atom. The summed E-state index contributed by atoms with van der Waals surface area (Å²) in [6, 6.07) is 8.40. The number of aliphatic imine (C=N–C) groups is 1. The van der Waals surface area contributed by atoms with E-state index in [9.17, 15) is 9.59 Å². The number of thioether (sulfide) groups is 1. The summed E-state index contributed by atoms with van der Waals surface area (Å²) in [5, 5.41) is 5.43. The number of nitrogens with zero attached hydrogens (tertiary/aromatic N) is 2. The molecule has 1 aromatic heterocycles. The first-order valence-electron chi connectivity index (χ1n) is 11.5. The molecule has 2 aliphatic heterocycles. The lowest BCUT2D eigenvalue weighted by Gasteiger charge is -2.37. The van der Waals surface area contributed by atoms with Gasteiger partial charge in [-0.1, -0.05) is 11.8 Å². The highest BCUT2D eigenvalue weighted by atomic mass is 32.2. The van der Waals surface area contributed by atoms with Crippen LogP contribution < -0.4 is 14.8 Å². The van der Waals surface area contributed by atoms with Crippen LogP contribution in [-0.4, -0.2) is 42.3 Å². The van der Waals surface area contributed by atoms with Gasteiger partial charge in [-0.25, -0.2) is 9.79 Å². The van der Waals surface area contributed by atoms with E-state index in [1.807, 2.05) is 22.4 Å². The molecular weight excluding hydrogens is 482 g/mol. The maximum Gasteiger partial charge on any atom is 0.338 e. The Morgan fingerprint density at radius 1 is 1.22 bits per heavy atom. The molecule has 0 unspecified atom stereocenters. The minimum Gasteiger partial charge on any atom is -0.497 e. The van der Waals surface area contributed by atoms with Gasteiger partial charge < -0.3 is 28.8 Å². The molecule has 2 aromatic rings. The highest BCUT2D eigenvalue weighted by Gasteiger charge is 2.42. The van der Waals surface area contributed by atoms with E-state index >= 15 is 0 Å². The van der Waals surface area contributed by atoms with Crippen molar-refractivity contribution in [2.45, 2.75) is 45.9 Å². The summed E-state index contributed by atoms with van der Waals surface area (Å²) in [4.78, 5) is 32.7. The number of benzene rings is 1. The third kappa shape index (κ3) is 5.28. The fourth-order valence-corrected chi connectivity index (χ4v) is 5.04. The molecular formula is C26H29N3O6S. The maximum atomic E-state index is 13.3. The molecule has 0 aliphatic carbocycles. The quantitative estimate of drug-likeness (QED) is 0.490. The Labute approximate surface area is 214 Å². The number of hydrogen-bond acceptors (Lipinski definition) is 9. The van der Waals surface area contributed by atoms with Crippen LogP contribution in [0.3, 0.4) is 0 Å². The van der Waals surface area contributed by atoms with E-state index in [-0.39, 0.29) is 25.0 Å². The van der Waals surface area contributed by atoms with Crippen molar-refractivity contribution in [1.29, 1.82) is 0 Å². The number of furan rings is 1. The van der Waals surface area contributed by atoms with Gasteiger partial charge in [-0.15, -0.1) is 0 Å². The van der Waals surface area contributed by atoms with Crippen molar-refractivity contribution >= 4 is 28.8 Å². The zero-order valence-corrected chi connectivity index (χ0v) is 21.7. The van der Waals surface area contributed by atoms with Crippen LogP contribution in [0.2, 0.25) is 0 Å². The Balaban J connectivity index is 1.70. The molecule has 0 fully saturated rings. The van der Waals surface area contributed by atoms with Crippen LogP contribution in [0.1, 0.15) is 44.6 Å². The Bertz CT molecular complexity index is 1230. The van der Waals surface area contributed by atoms with Gasteiger partial charge in [0, 0.05) is 17.3 Å². The first kappa shape index (κ1) is 25.4. The number of esters is 1. The second-order valence-corrected chi connectivity index (χ2v) is 9.32. The van der Waals surface area contributed by atoms with Crippen molar-refractivity contribution in [3.05, 3.63) is 70.3 Å². The maximum absolute atomic E-state index is 13.3. The number of allylic oxidation sites excluding steroid dienone is 1. The van der Waals surface area contributed by atoms with Crippen molar-refractivity contribution in [2.75, 3.05) is 14.2 Å². The van der Waals surface area contributed by atoms with Crippen LogP contribution in [0.15, 0.2) is 68.4 Å². The molecule has 36 heavy (non-hydrogen) atoms. The molecule has 2 aliphatic rings. The number of carbonyl (C=O) groups excluding carboxylic acids is 2. The predicted octanol–water partition coefficient (Wildman–Crippen LogP) is 4.53. The topological polar surface area (TPSA) is 103 Å². The third-order valence-corrected chi connectivity index (χ3v) is 6.57. The summed E-state index contributed by atoms with van der Waals surface area (Å²) in [7, 11) is 3.14. The Morgan fingerprint density at radius 2 is 2.03 bits per heavy atom. The van der Waals surface area contributed by atoms with Gasteiger partial charge in [-0.2, -0.15) is 0 Å². The van der Waals surface area contributed by atoms with Crippen molar-refractivity contribution < 1.29 is 28.2 Å². The molecule has 0 radical (unpaired) electrons. The van der Waals surface area contributed by atoms with Crippen LogP contribution in [0.5, 0.6) is 11.5 Å². The van der Waals surface area contributed by atoms with E-state index in [1.165, 1.54) is 11.8 Å². The fourth-order valence-electron chi connectivity index (χ4n) is 4.07. The number of fused-ring (bicyclic) bond motifs is 1. The molecule has 1 aromatic carbocycles. The smallest absolute Gasteiger partial charge is 0.338 e. The minimum absolute atomic E-state index is 0.0905. The second kappa shape index (κ2) is 10.9. The minimum atomic E-state index is -0.608. The van der Waals surface area contributed by atoms with Crippen molar-refractivity contribution in [3.8, 4) is 11.5 Å². The molecule has 0 saturated heterocycles. The summed E-state index contributed by atoms with van der Waals surface area (Å²) in [5.41, 5.74) is 2.38. The average Bonchev–Trinajstić information content (AvgIpc) is 3.51. The van der Waals surface area contributed by atoms with Gasteiger partial charge in [0.2, 0.25) is 5.91 Å². The van der Waals surface area contributed by atoms with Crippen LogP contribution in [0, 0.1) is 0 Å². The summed E-state index contributed by atoms with van der Waals surface area (Å²) >= 11 is 1.41. The number of carbonyl (C=O) groups is 2. The number of amides is 1. The van der Waals surface area contributed by atoms with E-state index in [0.29, 0.717) is 39.4 Å². The van der Waals surface area contributed by atoms with Crippen molar-refractivity contribution in [1.82, 2.24) is 10.2 Å². The normalized spacial score (nSPS) is 16.9. The Kier molecular flexibility index (Phi) is 7.73. The SMILES string of the molecule is COc1ccc([C@H]2C(C(=O)OC(C)C)=C(C)N=C3SC=C(CC(=O)NCc4ccco4)N32)c(OC)c1. The van der Waals surface area contributed by atoms with Gasteiger partial charge in [0.1, 0.15) is 17.3 Å². The fraction of sp³-hybridized carbons (Fsp3) is 0.346. The molecule has 1 N–H and O–H groups in total. The molecule has 9 nitrogen and oxygen atoms in total. The number of methoxy groups -OCH3 is 2. The third-order valence-electron chi connectivity index (χ3n) is 5.68. The zero-order valence-electron chi connectivity index (χ0n) is 20.9. The molecule has 190 valence electrons. The van der Waals surface area contributed by atoms with Gasteiger partial charge in [0.05, 0.1) is 56.9 Å². The molecule has 0 spiro atoms. The highest BCUT2D eigenvalue weighted by Crippen LogP contribution is 2.47. The number of rotatable bonds is 9. The molecule has 10 heteroatoms. The largest absolute Gasteiger partial charge is 0.497 e. The molecule has 4 rings (SSSR count). The zero-order chi connectivity index (χ0) is 25.8. The van der Waals surface area contributed by atoms with E-state index < -0.39 is 12.0 Å². The number of ether oxygens (including phenoxy) is 3. The predicted molar refractivity (Wildman–Crippen MR) is 136 cm³/mol. The summed E-state index contributed by atoms with van der Waals surface area (Å²) < 4.78 is 22.0. The molecule has 1 atom stereocenters. The summed E-state index contributed by atoms with van der Waals surface area (Å²) in [6.07, 6.45) is 1.35. The standard InChI is InChI=1S/C26H29N3O6S/c1-15(2)35-25(31)23-16(3)28-26-29(24(23)20-9-8-18(32-4)12-21(20)33-5)17(14-36-26)11-22(30)27-13-19-7-6-10-34-19/h6-10,12,14-15,24H,11,13H2,1-5H3,(H,27,30)/t24-/m0/s1. The van der Waals surface area contributed by atoms with Crippen LogP contribution >= 0.6 is 11.8 Å². The van der Waals surface area contributed by atoms with Gasteiger partial charge in [-0.3, -0.25) is 4.79 Å². The van der Waals surface area contributed by atoms with Crippen LogP contribution in [0.25, 0.3) is 0 Å². The summed E-state index contributed by atoms with van der Waals surface area (Å²) in [5.74, 6) is 1.18. The van der Waals surface area contributed by atoms with E-state index in [4.69, 9.17) is 18.6 Å².